The van der Waals surface area contributed by atoms with Gasteiger partial charge < -0.3 is 15.4 Å². The Kier molecular flexibility index (Phi) is 6.08. The van der Waals surface area contributed by atoms with Gasteiger partial charge in [0.1, 0.15) is 0 Å². The Morgan fingerprint density at radius 2 is 1.81 bits per heavy atom. The van der Waals surface area contributed by atoms with Gasteiger partial charge in [-0.3, -0.25) is 4.79 Å². The smallest absolute Gasteiger partial charge is 0.272 e. The van der Waals surface area contributed by atoms with Crippen LogP contribution < -0.4 is 16.2 Å². The van der Waals surface area contributed by atoms with Crippen LogP contribution >= 0.6 is 0 Å². The highest BCUT2D eigenvalue weighted by molar-refractivity contribution is 5.83. The van der Waals surface area contributed by atoms with Gasteiger partial charge in [0, 0.05) is 24.9 Å². The molecule has 142 valence electrons. The van der Waals surface area contributed by atoms with E-state index < -0.39 is 0 Å². The second-order valence-corrected chi connectivity index (χ2v) is 6.21. The summed E-state index contributed by atoms with van der Waals surface area (Å²) >= 11 is 0. The van der Waals surface area contributed by atoms with Crippen LogP contribution in [0.25, 0.3) is 10.8 Å². The molecule has 0 radical (unpaired) electrons. The van der Waals surface area contributed by atoms with E-state index in [0.29, 0.717) is 11.8 Å². The Morgan fingerprint density at radius 1 is 1.11 bits per heavy atom. The number of nitrogens with two attached hydrogens (primary N) is 1. The molecular weight excluding hydrogens is 340 g/mol. The lowest BCUT2D eigenvalue weighted by Crippen LogP contribution is -2.36. The van der Waals surface area contributed by atoms with Crippen LogP contribution in [0.3, 0.4) is 0 Å². The molecule has 1 aliphatic rings. The number of aromatic nitrogens is 2. The molecule has 27 heavy (non-hydrogen) atoms. The Balaban J connectivity index is 0.00000102. The largest absolute Gasteiger partial charge is 0.397 e. The van der Waals surface area contributed by atoms with Crippen LogP contribution in [0, 0.1) is 0 Å². The first kappa shape index (κ1) is 18.9. The average molecular weight is 366 g/mol. The standard InChI is InChI=1S/C19H20N4O2.C2H6/c20-16-11-13(5-6-18(16)23-7-9-25-10-8-23)12-17-14-3-1-2-4-15(14)19(24)22-21-17;1-2/h1-6,11H,7-10,12,20H2,(H,22,24);1-2H3. The quantitative estimate of drug-likeness (QED) is 0.696. The molecule has 1 fully saturated rings. The predicted molar refractivity (Wildman–Crippen MR) is 110 cm³/mol. The van der Waals surface area contributed by atoms with Gasteiger partial charge in [0.15, 0.2) is 0 Å². The summed E-state index contributed by atoms with van der Waals surface area (Å²) in [4.78, 5) is 14.1. The summed E-state index contributed by atoms with van der Waals surface area (Å²) in [6.07, 6.45) is 0.616. The molecule has 0 unspecified atom stereocenters. The number of morpholine rings is 1. The van der Waals surface area contributed by atoms with Crippen molar-refractivity contribution in [3.8, 4) is 0 Å². The van der Waals surface area contributed by atoms with Crippen molar-refractivity contribution in [1.82, 2.24) is 10.2 Å². The molecule has 3 aromatic rings. The molecule has 0 atom stereocenters. The van der Waals surface area contributed by atoms with Crippen LogP contribution in [0.15, 0.2) is 47.3 Å². The number of ether oxygens (including phenoxy) is 1. The van der Waals surface area contributed by atoms with Gasteiger partial charge in [-0.1, -0.05) is 38.1 Å². The van der Waals surface area contributed by atoms with Gasteiger partial charge in [0.05, 0.1) is 35.7 Å². The number of nitrogen functional groups attached to an aromatic ring is 1. The molecule has 1 saturated heterocycles. The number of hydrogen-bond donors (Lipinski definition) is 2. The van der Waals surface area contributed by atoms with E-state index in [1.807, 2.05) is 44.2 Å². The Bertz CT molecular complexity index is 962. The maximum absolute atomic E-state index is 11.9. The van der Waals surface area contributed by atoms with Crippen molar-refractivity contribution in [2.24, 2.45) is 0 Å². The van der Waals surface area contributed by atoms with Crippen LogP contribution in [0.2, 0.25) is 0 Å². The highest BCUT2D eigenvalue weighted by atomic mass is 16.5. The molecule has 0 bridgehead atoms. The van der Waals surface area contributed by atoms with Gasteiger partial charge in [-0.25, -0.2) is 5.10 Å². The third-order valence-corrected chi connectivity index (χ3v) is 4.59. The zero-order chi connectivity index (χ0) is 19.2. The number of hydrogen-bond acceptors (Lipinski definition) is 5. The fourth-order valence-corrected chi connectivity index (χ4v) is 3.31. The molecule has 0 saturated carbocycles. The zero-order valence-corrected chi connectivity index (χ0v) is 15.9. The first-order valence-corrected chi connectivity index (χ1v) is 9.40. The van der Waals surface area contributed by atoms with E-state index in [1.165, 1.54) is 0 Å². The van der Waals surface area contributed by atoms with Gasteiger partial charge >= 0.3 is 0 Å². The number of rotatable bonds is 3. The third kappa shape index (κ3) is 4.11. The topological polar surface area (TPSA) is 84.2 Å². The number of aromatic amines is 1. The molecular formula is C21H26N4O2. The minimum atomic E-state index is -0.165. The van der Waals surface area contributed by atoms with Gasteiger partial charge in [-0.2, -0.15) is 5.10 Å². The number of fused-ring (bicyclic) bond motifs is 1. The number of benzene rings is 2. The Morgan fingerprint density at radius 3 is 2.52 bits per heavy atom. The van der Waals surface area contributed by atoms with Crippen molar-refractivity contribution in [2.45, 2.75) is 20.3 Å². The zero-order valence-electron chi connectivity index (χ0n) is 15.9. The maximum atomic E-state index is 11.9. The van der Waals surface area contributed by atoms with Gasteiger partial charge in [-0.05, 0) is 23.8 Å². The van der Waals surface area contributed by atoms with Crippen LogP contribution in [0.5, 0.6) is 0 Å². The van der Waals surface area contributed by atoms with Crippen LogP contribution in [0.1, 0.15) is 25.1 Å². The number of nitrogens with zero attached hydrogens (tertiary/aromatic N) is 2. The number of H-pyrrole nitrogens is 1. The third-order valence-electron chi connectivity index (χ3n) is 4.59. The summed E-state index contributed by atoms with van der Waals surface area (Å²) in [5.74, 6) is 0. The second kappa shape index (κ2) is 8.68. The first-order valence-electron chi connectivity index (χ1n) is 9.40. The van der Waals surface area contributed by atoms with Crippen molar-refractivity contribution < 1.29 is 4.74 Å². The van der Waals surface area contributed by atoms with Crippen LogP contribution in [0.4, 0.5) is 11.4 Å². The fraction of sp³-hybridized carbons (Fsp3) is 0.333. The minimum Gasteiger partial charge on any atom is -0.397 e. The predicted octanol–water partition coefficient (Wildman–Crippen LogP) is 2.96. The highest BCUT2D eigenvalue weighted by Crippen LogP contribution is 2.26. The lowest BCUT2D eigenvalue weighted by atomic mass is 10.0. The van der Waals surface area contributed by atoms with Crippen LogP contribution in [-0.4, -0.2) is 36.5 Å². The molecule has 0 spiro atoms. The molecule has 3 N–H and O–H groups in total. The van der Waals surface area contributed by atoms with Crippen LogP contribution in [-0.2, 0) is 11.2 Å². The monoisotopic (exact) mass is 366 g/mol. The lowest BCUT2D eigenvalue weighted by molar-refractivity contribution is 0.123. The minimum absolute atomic E-state index is 0.165. The van der Waals surface area contributed by atoms with E-state index >= 15 is 0 Å². The summed E-state index contributed by atoms with van der Waals surface area (Å²) in [5.41, 5.74) is 9.83. The van der Waals surface area contributed by atoms with Crippen molar-refractivity contribution in [3.05, 3.63) is 64.1 Å². The fourth-order valence-electron chi connectivity index (χ4n) is 3.31. The van der Waals surface area contributed by atoms with Crippen molar-refractivity contribution in [3.63, 3.8) is 0 Å². The van der Waals surface area contributed by atoms with E-state index in [1.54, 1.807) is 0 Å². The molecule has 2 heterocycles. The van der Waals surface area contributed by atoms with E-state index in [0.717, 1.165) is 54.3 Å². The molecule has 1 aromatic heterocycles. The van der Waals surface area contributed by atoms with Gasteiger partial charge in [0.2, 0.25) is 0 Å². The SMILES string of the molecule is CC.Nc1cc(Cc2n[nH]c(=O)c3ccccc23)ccc1N1CCOCC1. The number of anilines is 2. The van der Waals surface area contributed by atoms with E-state index in [-0.39, 0.29) is 5.56 Å². The summed E-state index contributed by atoms with van der Waals surface area (Å²) in [7, 11) is 0. The second-order valence-electron chi connectivity index (χ2n) is 6.21. The van der Waals surface area contributed by atoms with E-state index in [9.17, 15) is 4.79 Å². The molecule has 1 aliphatic heterocycles. The molecule has 6 heteroatoms. The molecule has 6 nitrogen and oxygen atoms in total. The first-order chi connectivity index (χ1) is 13.2. The van der Waals surface area contributed by atoms with Crippen molar-refractivity contribution in [2.75, 3.05) is 36.9 Å². The van der Waals surface area contributed by atoms with Gasteiger partial charge in [0.25, 0.3) is 5.56 Å². The summed E-state index contributed by atoms with van der Waals surface area (Å²) in [6, 6.07) is 13.6. The summed E-state index contributed by atoms with van der Waals surface area (Å²) in [6.45, 7) is 7.17. The summed E-state index contributed by atoms with van der Waals surface area (Å²) < 4.78 is 5.39. The molecule has 0 amide bonds. The Labute approximate surface area is 159 Å². The average Bonchev–Trinajstić information content (AvgIpc) is 2.73. The van der Waals surface area contributed by atoms with Gasteiger partial charge in [-0.15, -0.1) is 0 Å². The van der Waals surface area contributed by atoms with Crippen molar-refractivity contribution in [1.29, 1.82) is 0 Å². The maximum Gasteiger partial charge on any atom is 0.272 e. The number of nitrogens with one attached hydrogen (secondary N) is 1. The lowest BCUT2D eigenvalue weighted by Gasteiger charge is -2.30. The molecule has 2 aromatic carbocycles. The molecule has 4 rings (SSSR count). The highest BCUT2D eigenvalue weighted by Gasteiger charge is 2.14. The van der Waals surface area contributed by atoms with E-state index in [4.69, 9.17) is 10.5 Å². The summed E-state index contributed by atoms with van der Waals surface area (Å²) in [5, 5.41) is 8.36. The normalized spacial score (nSPS) is 13.9. The molecule has 0 aliphatic carbocycles. The Hall–Kier alpha value is -2.86. The van der Waals surface area contributed by atoms with Crippen molar-refractivity contribution >= 4 is 22.1 Å². The van der Waals surface area contributed by atoms with E-state index in [2.05, 4.69) is 27.2 Å².